The number of rotatable bonds is 5. The maximum absolute atomic E-state index is 10.1. The average molecular weight is 143 g/mol. The number of hydrogen-bond acceptors (Lipinski definition) is 2. The van der Waals surface area contributed by atoms with Gasteiger partial charge in [0.05, 0.1) is 0 Å². The monoisotopic (exact) mass is 143 g/mol. The lowest BCUT2D eigenvalue weighted by Crippen LogP contribution is -2.16. The SMILES string of the molecule is CC(C)C[C@@H](CN)CC=O. The molecule has 0 spiro atoms. The Balaban J connectivity index is 3.48. The fourth-order valence-corrected chi connectivity index (χ4v) is 1.09. The van der Waals surface area contributed by atoms with E-state index in [9.17, 15) is 4.79 Å². The molecule has 0 rings (SSSR count). The summed E-state index contributed by atoms with van der Waals surface area (Å²) in [6, 6.07) is 0. The van der Waals surface area contributed by atoms with Crippen molar-refractivity contribution >= 4 is 6.29 Å². The van der Waals surface area contributed by atoms with Crippen molar-refractivity contribution in [2.75, 3.05) is 6.54 Å². The third kappa shape index (κ3) is 4.50. The molecule has 0 aromatic rings. The molecule has 0 unspecified atom stereocenters. The van der Waals surface area contributed by atoms with Crippen molar-refractivity contribution in [2.45, 2.75) is 26.7 Å². The number of nitrogens with two attached hydrogens (primary N) is 1. The lowest BCUT2D eigenvalue weighted by atomic mass is 9.95. The van der Waals surface area contributed by atoms with Crippen LogP contribution in [0, 0.1) is 11.8 Å². The smallest absolute Gasteiger partial charge is 0.120 e. The van der Waals surface area contributed by atoms with Crippen LogP contribution in [0.25, 0.3) is 0 Å². The standard InChI is InChI=1S/C8H17NO/c1-7(2)5-8(6-9)3-4-10/h4,7-8H,3,5-6,9H2,1-2H3/t8-/m0/s1. The topological polar surface area (TPSA) is 43.1 Å². The summed E-state index contributed by atoms with van der Waals surface area (Å²) in [4.78, 5) is 10.1. The normalized spacial score (nSPS) is 13.6. The molecule has 0 bridgehead atoms. The summed E-state index contributed by atoms with van der Waals surface area (Å²) in [7, 11) is 0. The van der Waals surface area contributed by atoms with Gasteiger partial charge in [-0.25, -0.2) is 0 Å². The van der Waals surface area contributed by atoms with Crippen molar-refractivity contribution in [3.05, 3.63) is 0 Å². The molecule has 0 aliphatic carbocycles. The molecule has 1 atom stereocenters. The lowest BCUT2D eigenvalue weighted by molar-refractivity contribution is -0.108. The number of carbonyl (C=O) groups excluding carboxylic acids is 1. The van der Waals surface area contributed by atoms with Crippen molar-refractivity contribution < 1.29 is 4.79 Å². The first-order valence-electron chi connectivity index (χ1n) is 3.84. The zero-order valence-corrected chi connectivity index (χ0v) is 6.84. The molecule has 0 aromatic carbocycles. The molecular weight excluding hydrogens is 126 g/mol. The van der Waals surface area contributed by atoms with E-state index in [1.807, 2.05) is 0 Å². The van der Waals surface area contributed by atoms with E-state index in [0.717, 1.165) is 12.7 Å². The Morgan fingerprint density at radius 1 is 1.50 bits per heavy atom. The van der Waals surface area contributed by atoms with Gasteiger partial charge in [-0.2, -0.15) is 0 Å². The van der Waals surface area contributed by atoms with Gasteiger partial charge in [0.25, 0.3) is 0 Å². The molecule has 10 heavy (non-hydrogen) atoms. The molecule has 0 saturated carbocycles. The van der Waals surface area contributed by atoms with Crippen molar-refractivity contribution in [2.24, 2.45) is 17.6 Å². The molecule has 0 aliphatic rings. The third-order valence-electron chi connectivity index (χ3n) is 1.57. The molecule has 2 nitrogen and oxygen atoms in total. The van der Waals surface area contributed by atoms with E-state index < -0.39 is 0 Å². The van der Waals surface area contributed by atoms with E-state index in [-0.39, 0.29) is 0 Å². The highest BCUT2D eigenvalue weighted by molar-refractivity contribution is 5.49. The molecule has 0 fully saturated rings. The highest BCUT2D eigenvalue weighted by Gasteiger charge is 2.07. The third-order valence-corrected chi connectivity index (χ3v) is 1.57. The second kappa shape index (κ2) is 5.42. The van der Waals surface area contributed by atoms with E-state index in [1.165, 1.54) is 0 Å². The van der Waals surface area contributed by atoms with Crippen molar-refractivity contribution in [3.63, 3.8) is 0 Å². The van der Waals surface area contributed by atoms with Crippen LogP contribution in [0.3, 0.4) is 0 Å². The zero-order valence-electron chi connectivity index (χ0n) is 6.84. The van der Waals surface area contributed by atoms with Crippen LogP contribution in [0.5, 0.6) is 0 Å². The van der Waals surface area contributed by atoms with Crippen LogP contribution < -0.4 is 5.73 Å². The summed E-state index contributed by atoms with van der Waals surface area (Å²) >= 11 is 0. The number of carbonyl (C=O) groups is 1. The Labute approximate surface area is 62.8 Å². The lowest BCUT2D eigenvalue weighted by Gasteiger charge is -2.12. The van der Waals surface area contributed by atoms with E-state index in [4.69, 9.17) is 5.73 Å². The van der Waals surface area contributed by atoms with Crippen LogP contribution in [0.4, 0.5) is 0 Å². The summed E-state index contributed by atoms with van der Waals surface area (Å²) < 4.78 is 0. The highest BCUT2D eigenvalue weighted by atomic mass is 16.1. The van der Waals surface area contributed by atoms with Gasteiger partial charge in [0.2, 0.25) is 0 Å². The van der Waals surface area contributed by atoms with Gasteiger partial charge in [-0.1, -0.05) is 13.8 Å². The first-order chi connectivity index (χ1) is 4.70. The van der Waals surface area contributed by atoms with Crippen molar-refractivity contribution in [1.29, 1.82) is 0 Å². The Hall–Kier alpha value is -0.370. The van der Waals surface area contributed by atoms with Crippen molar-refractivity contribution in [1.82, 2.24) is 0 Å². The Morgan fingerprint density at radius 2 is 2.10 bits per heavy atom. The van der Waals surface area contributed by atoms with E-state index in [1.54, 1.807) is 0 Å². The first-order valence-corrected chi connectivity index (χ1v) is 3.84. The van der Waals surface area contributed by atoms with Crippen LogP contribution in [-0.2, 0) is 4.79 Å². The summed E-state index contributed by atoms with van der Waals surface area (Å²) in [6.07, 6.45) is 2.64. The second-order valence-corrected chi connectivity index (χ2v) is 3.13. The zero-order chi connectivity index (χ0) is 7.98. The van der Waals surface area contributed by atoms with Gasteiger partial charge >= 0.3 is 0 Å². The van der Waals surface area contributed by atoms with Crippen LogP contribution >= 0.6 is 0 Å². The average Bonchev–Trinajstić information content (AvgIpc) is 1.86. The van der Waals surface area contributed by atoms with Gasteiger partial charge in [-0.3, -0.25) is 0 Å². The fraction of sp³-hybridized carbons (Fsp3) is 0.875. The van der Waals surface area contributed by atoms with Crippen molar-refractivity contribution in [3.8, 4) is 0 Å². The Bertz CT molecular complexity index is 91.3. The minimum Gasteiger partial charge on any atom is -0.330 e. The molecule has 0 amide bonds. The molecule has 2 heteroatoms. The van der Waals surface area contributed by atoms with Gasteiger partial charge in [0.1, 0.15) is 6.29 Å². The highest BCUT2D eigenvalue weighted by Crippen LogP contribution is 2.12. The van der Waals surface area contributed by atoms with Gasteiger partial charge in [0.15, 0.2) is 0 Å². The number of hydrogen-bond donors (Lipinski definition) is 1. The van der Waals surface area contributed by atoms with Crippen LogP contribution in [0.15, 0.2) is 0 Å². The summed E-state index contributed by atoms with van der Waals surface area (Å²) in [5.41, 5.74) is 5.45. The van der Waals surface area contributed by atoms with Gasteiger partial charge in [-0.15, -0.1) is 0 Å². The van der Waals surface area contributed by atoms with Crippen LogP contribution in [0.1, 0.15) is 26.7 Å². The maximum atomic E-state index is 10.1. The Kier molecular flexibility index (Phi) is 5.22. The summed E-state index contributed by atoms with van der Waals surface area (Å²) in [5.74, 6) is 1.05. The van der Waals surface area contributed by atoms with Gasteiger partial charge in [-0.05, 0) is 24.8 Å². The van der Waals surface area contributed by atoms with E-state index in [0.29, 0.717) is 24.8 Å². The first kappa shape index (κ1) is 9.63. The maximum Gasteiger partial charge on any atom is 0.120 e. The largest absolute Gasteiger partial charge is 0.330 e. The molecule has 0 radical (unpaired) electrons. The molecule has 0 saturated heterocycles. The predicted octanol–water partition coefficient (Wildman–Crippen LogP) is 1.20. The summed E-state index contributed by atoms with van der Waals surface area (Å²) in [5, 5.41) is 0. The molecule has 2 N–H and O–H groups in total. The quantitative estimate of drug-likeness (QED) is 0.587. The van der Waals surface area contributed by atoms with Gasteiger partial charge in [0, 0.05) is 6.42 Å². The predicted molar refractivity (Wildman–Crippen MR) is 42.7 cm³/mol. The molecular formula is C8H17NO. The molecule has 0 heterocycles. The van der Waals surface area contributed by atoms with Crippen LogP contribution in [0.2, 0.25) is 0 Å². The van der Waals surface area contributed by atoms with Gasteiger partial charge < -0.3 is 10.5 Å². The molecule has 0 aromatic heterocycles. The van der Waals surface area contributed by atoms with E-state index in [2.05, 4.69) is 13.8 Å². The summed E-state index contributed by atoms with van der Waals surface area (Å²) in [6.45, 7) is 4.93. The second-order valence-electron chi connectivity index (χ2n) is 3.13. The minimum atomic E-state index is 0.400. The van der Waals surface area contributed by atoms with Crippen LogP contribution in [-0.4, -0.2) is 12.8 Å². The van der Waals surface area contributed by atoms with E-state index >= 15 is 0 Å². The number of aldehydes is 1. The minimum absolute atomic E-state index is 0.400. The molecule has 60 valence electrons. The molecule has 0 aliphatic heterocycles. The Morgan fingerprint density at radius 3 is 2.40 bits per heavy atom. The fourth-order valence-electron chi connectivity index (χ4n) is 1.09.